The molecule has 0 spiro atoms. The minimum Gasteiger partial charge on any atom is -0.469 e. The second-order valence-electron chi connectivity index (χ2n) is 6.35. The summed E-state index contributed by atoms with van der Waals surface area (Å²) < 4.78 is 6.05. The fourth-order valence-corrected chi connectivity index (χ4v) is 4.80. The van der Waals surface area contributed by atoms with Gasteiger partial charge in [-0.05, 0) is 37.0 Å². The zero-order chi connectivity index (χ0) is 16.6. The van der Waals surface area contributed by atoms with Gasteiger partial charge < -0.3 is 9.64 Å². The van der Waals surface area contributed by atoms with Gasteiger partial charge in [-0.25, -0.2) is 0 Å². The highest BCUT2D eigenvalue weighted by atomic mass is 123. The number of nitrogens with zero attached hydrogens (tertiary/aromatic N) is 1. The number of ether oxygens (including phenoxy) is 1. The summed E-state index contributed by atoms with van der Waals surface area (Å²) in [5.74, 6) is -0.0586. The lowest BCUT2D eigenvalue weighted by Crippen LogP contribution is -2.50. The summed E-state index contributed by atoms with van der Waals surface area (Å²) in [5.41, 5.74) is 2.31. The van der Waals surface area contributed by atoms with Crippen LogP contribution in [0.3, 0.4) is 0 Å². The van der Waals surface area contributed by atoms with Crippen molar-refractivity contribution < 1.29 is 9.53 Å². The number of piperidine rings is 1. The molecule has 2 saturated heterocycles. The van der Waals surface area contributed by atoms with E-state index in [2.05, 4.69) is 34.1 Å². The van der Waals surface area contributed by atoms with Crippen molar-refractivity contribution in [3.05, 3.63) is 47.1 Å². The average molecular weight is 442 g/mol. The lowest BCUT2D eigenvalue weighted by Gasteiger charge is -2.45. The van der Waals surface area contributed by atoms with E-state index in [1.165, 1.54) is 12.7 Å². The number of methoxy groups -OCH3 is 1. The van der Waals surface area contributed by atoms with Gasteiger partial charge >= 0.3 is 5.97 Å². The van der Waals surface area contributed by atoms with E-state index in [-0.39, 0.29) is 23.8 Å². The first-order valence-corrected chi connectivity index (χ1v) is 9.82. The first-order chi connectivity index (χ1) is 11.1. The molecule has 3 nitrogen and oxygen atoms in total. The van der Waals surface area contributed by atoms with E-state index in [9.17, 15) is 4.79 Å². The molecule has 124 valence electrons. The van der Waals surface area contributed by atoms with Crippen LogP contribution in [0.4, 0.5) is 0 Å². The predicted molar refractivity (Wildman–Crippen MR) is 101 cm³/mol. The molecule has 0 aromatic heterocycles. The van der Waals surface area contributed by atoms with Gasteiger partial charge in [0.05, 0.1) is 13.0 Å². The van der Waals surface area contributed by atoms with Gasteiger partial charge in [-0.2, -0.15) is 0 Å². The number of hydrogen-bond acceptors (Lipinski definition) is 3. The number of carbonyl (C=O) groups excluding carboxylic acids is 1. The third kappa shape index (κ3) is 3.12. The van der Waals surface area contributed by atoms with Crippen LogP contribution in [0.1, 0.15) is 30.7 Å². The summed E-state index contributed by atoms with van der Waals surface area (Å²) >= 11 is 8.36. The Bertz CT molecular complexity index is 604. The van der Waals surface area contributed by atoms with Gasteiger partial charge in [0.2, 0.25) is 0 Å². The summed E-state index contributed by atoms with van der Waals surface area (Å²) in [5, 5.41) is 0.724. The van der Waals surface area contributed by atoms with Crippen LogP contribution in [0, 0.1) is 5.92 Å². The molecule has 2 aliphatic heterocycles. The van der Waals surface area contributed by atoms with Gasteiger partial charge in [0.15, 0.2) is 0 Å². The highest BCUT2D eigenvalue weighted by molar-refractivity contribution is 14.1. The van der Waals surface area contributed by atoms with E-state index in [1.807, 2.05) is 24.3 Å². The zero-order valence-electron chi connectivity index (χ0n) is 13.2. The Morgan fingerprint density at radius 3 is 2.70 bits per heavy atom. The molecule has 2 aliphatic rings. The third-order valence-corrected chi connectivity index (χ3v) is 6.34. The molecule has 0 N–H and O–H groups in total. The standard InChI is InChI=1S/C18H21ClINO2/c1-11(10-20)21-14-7-8-16(21)17(18(22)23-2)15(9-14)12-3-5-13(19)6-4-12/h3-6,14-17H,1,7-10H2,2H3/t14?,15-,16?,17+/m1/s1/i20-4. The summed E-state index contributed by atoms with van der Waals surface area (Å²) in [6.45, 7) is 4.22. The molecule has 4 atom stereocenters. The SMILES string of the molecule is C=C(C[123I])N1C2CCC1[C@@H](C(=O)OC)[C@@H](c1ccc(Cl)cc1)C2. The summed E-state index contributed by atoms with van der Waals surface area (Å²) in [6, 6.07) is 8.58. The van der Waals surface area contributed by atoms with Crippen molar-refractivity contribution in [3.8, 4) is 0 Å². The van der Waals surface area contributed by atoms with Gasteiger partial charge in [0, 0.05) is 33.1 Å². The van der Waals surface area contributed by atoms with Crippen molar-refractivity contribution in [2.24, 2.45) is 5.92 Å². The Labute approximate surface area is 156 Å². The maximum Gasteiger partial charge on any atom is 0.311 e. The Morgan fingerprint density at radius 1 is 1.39 bits per heavy atom. The first-order valence-electron chi connectivity index (χ1n) is 7.92. The van der Waals surface area contributed by atoms with Crippen molar-refractivity contribution in [3.63, 3.8) is 0 Å². The van der Waals surface area contributed by atoms with Gasteiger partial charge in [-0.3, -0.25) is 4.79 Å². The van der Waals surface area contributed by atoms with E-state index in [0.717, 1.165) is 34.4 Å². The van der Waals surface area contributed by atoms with Crippen LogP contribution >= 0.6 is 34.2 Å². The number of hydrogen-bond donors (Lipinski definition) is 0. The average Bonchev–Trinajstić information content (AvgIpc) is 2.88. The smallest absolute Gasteiger partial charge is 0.311 e. The number of halogens is 2. The van der Waals surface area contributed by atoms with Crippen molar-refractivity contribution in [1.82, 2.24) is 4.90 Å². The predicted octanol–water partition coefficient (Wildman–Crippen LogP) is 4.40. The quantitative estimate of drug-likeness (QED) is 0.394. The van der Waals surface area contributed by atoms with Crippen LogP contribution in [-0.2, 0) is 9.53 Å². The second kappa shape index (κ2) is 7.01. The molecule has 2 heterocycles. The maximum atomic E-state index is 12.6. The van der Waals surface area contributed by atoms with Crippen LogP contribution in [0.15, 0.2) is 36.5 Å². The lowest BCUT2D eigenvalue weighted by molar-refractivity contribution is -0.150. The molecule has 2 bridgehead atoms. The maximum absolute atomic E-state index is 12.6. The van der Waals surface area contributed by atoms with Crippen molar-refractivity contribution in [2.45, 2.75) is 37.3 Å². The van der Waals surface area contributed by atoms with Gasteiger partial charge in [-0.15, -0.1) is 0 Å². The summed E-state index contributed by atoms with van der Waals surface area (Å²) in [6.07, 6.45) is 3.12. The topological polar surface area (TPSA) is 29.5 Å². The van der Waals surface area contributed by atoms with Crippen molar-refractivity contribution in [1.29, 1.82) is 0 Å². The Hall–Kier alpha value is -0.750. The molecule has 3 rings (SSSR count). The lowest BCUT2D eigenvalue weighted by atomic mass is 9.76. The van der Waals surface area contributed by atoms with Gasteiger partial charge in [0.1, 0.15) is 0 Å². The molecule has 23 heavy (non-hydrogen) atoms. The van der Waals surface area contributed by atoms with Gasteiger partial charge in [0.25, 0.3) is 0 Å². The van der Waals surface area contributed by atoms with E-state index in [4.69, 9.17) is 16.3 Å². The molecule has 0 radical (unpaired) electrons. The molecule has 0 saturated carbocycles. The number of alkyl halides is 1. The normalized spacial score (nSPS) is 29.4. The highest BCUT2D eigenvalue weighted by Crippen LogP contribution is 2.48. The number of esters is 1. The molecule has 1 aromatic carbocycles. The fraction of sp³-hybridized carbons (Fsp3) is 0.500. The molecule has 5 heteroatoms. The van der Waals surface area contributed by atoms with Crippen LogP contribution < -0.4 is 0 Å². The molecule has 0 amide bonds. The van der Waals surface area contributed by atoms with E-state index in [0.29, 0.717) is 6.04 Å². The largest absolute Gasteiger partial charge is 0.469 e. The first kappa shape index (κ1) is 17.1. The summed E-state index contributed by atoms with van der Waals surface area (Å²) in [4.78, 5) is 14.9. The highest BCUT2D eigenvalue weighted by Gasteiger charge is 2.51. The molecule has 2 unspecified atom stereocenters. The minimum absolute atomic E-state index is 0.110. The second-order valence-corrected chi connectivity index (χ2v) is 7.55. The van der Waals surface area contributed by atoms with Crippen LogP contribution in [0.25, 0.3) is 0 Å². The molecule has 1 aromatic rings. The molecule has 0 aliphatic carbocycles. The van der Waals surface area contributed by atoms with Crippen molar-refractivity contribution in [2.75, 3.05) is 11.5 Å². The number of allylic oxidation sites excluding steroid dienone is 1. The summed E-state index contributed by atoms with van der Waals surface area (Å²) in [7, 11) is 1.49. The number of fused-ring (bicyclic) bond motifs is 2. The van der Waals surface area contributed by atoms with E-state index >= 15 is 0 Å². The van der Waals surface area contributed by atoms with Crippen LogP contribution in [0.5, 0.6) is 0 Å². The molecule has 2 fully saturated rings. The van der Waals surface area contributed by atoms with E-state index in [1.54, 1.807) is 0 Å². The minimum atomic E-state index is -0.139. The number of benzene rings is 1. The fourth-order valence-electron chi connectivity index (χ4n) is 4.28. The Balaban J connectivity index is 1.96. The van der Waals surface area contributed by atoms with E-state index < -0.39 is 0 Å². The van der Waals surface area contributed by atoms with Crippen LogP contribution in [-0.4, -0.2) is 34.5 Å². The Morgan fingerprint density at radius 2 is 2.09 bits per heavy atom. The van der Waals surface area contributed by atoms with Crippen LogP contribution in [0.2, 0.25) is 5.02 Å². The monoisotopic (exact) mass is 441 g/mol. The third-order valence-electron chi connectivity index (χ3n) is 5.21. The molecular formula is C18H21ClINO2. The van der Waals surface area contributed by atoms with Crippen molar-refractivity contribution >= 4 is 40.2 Å². The number of rotatable bonds is 4. The number of carbonyl (C=O) groups is 1. The van der Waals surface area contributed by atoms with Gasteiger partial charge in [-0.1, -0.05) is 52.9 Å². The zero-order valence-corrected chi connectivity index (χ0v) is 16.1. The Kier molecular flexibility index (Phi) is 5.21. The molecular weight excluding hydrogens is 421 g/mol.